The highest BCUT2D eigenvalue weighted by molar-refractivity contribution is 7.14. The first-order valence-corrected chi connectivity index (χ1v) is 4.91. The van der Waals surface area contributed by atoms with E-state index in [-0.39, 0.29) is 0 Å². The molecular formula is C10H10N2S. The molecule has 1 heterocycles. The molecule has 0 spiro atoms. The fourth-order valence-corrected chi connectivity index (χ4v) is 1.74. The Morgan fingerprint density at radius 2 is 1.92 bits per heavy atom. The van der Waals surface area contributed by atoms with Gasteiger partial charge in [-0.15, -0.1) is 11.3 Å². The first-order chi connectivity index (χ1) is 6.27. The molecular weight excluding hydrogens is 180 g/mol. The summed E-state index contributed by atoms with van der Waals surface area (Å²) in [7, 11) is 0. The second kappa shape index (κ2) is 3.18. The fourth-order valence-electron chi connectivity index (χ4n) is 1.18. The van der Waals surface area contributed by atoms with Crippen LogP contribution < -0.4 is 5.73 Å². The molecule has 1 aromatic heterocycles. The summed E-state index contributed by atoms with van der Waals surface area (Å²) in [4.78, 5) is 4.21. The summed E-state index contributed by atoms with van der Waals surface area (Å²) in [5, 5.41) is 0.781. The van der Waals surface area contributed by atoms with Crippen LogP contribution in [-0.2, 0) is 0 Å². The average Bonchev–Trinajstić information content (AvgIpc) is 2.53. The number of hydrogen-bond donors (Lipinski definition) is 1. The topological polar surface area (TPSA) is 38.9 Å². The molecule has 2 N–H and O–H groups in total. The van der Waals surface area contributed by atoms with Gasteiger partial charge in [-0.2, -0.15) is 0 Å². The van der Waals surface area contributed by atoms with Crippen molar-refractivity contribution < 1.29 is 0 Å². The smallest absolute Gasteiger partial charge is 0.114 e. The maximum atomic E-state index is 5.77. The summed E-state index contributed by atoms with van der Waals surface area (Å²) in [5.74, 6) is 0. The molecule has 0 aliphatic carbocycles. The van der Waals surface area contributed by atoms with E-state index >= 15 is 0 Å². The molecule has 0 bridgehead atoms. The summed E-state index contributed by atoms with van der Waals surface area (Å²) >= 11 is 1.47. The van der Waals surface area contributed by atoms with Gasteiger partial charge in [-0.25, -0.2) is 4.98 Å². The Morgan fingerprint density at radius 1 is 1.23 bits per heavy atom. The Kier molecular flexibility index (Phi) is 2.02. The van der Waals surface area contributed by atoms with E-state index in [2.05, 4.69) is 24.0 Å². The van der Waals surface area contributed by atoms with E-state index in [4.69, 9.17) is 5.73 Å². The molecule has 2 nitrogen and oxygen atoms in total. The Morgan fingerprint density at radius 3 is 2.46 bits per heavy atom. The Bertz CT molecular complexity index is 403. The minimum absolute atomic E-state index is 0.781. The van der Waals surface area contributed by atoms with Crippen molar-refractivity contribution >= 4 is 16.3 Å². The van der Waals surface area contributed by atoms with Crippen molar-refractivity contribution in [3.63, 3.8) is 0 Å². The van der Waals surface area contributed by atoms with Gasteiger partial charge in [-0.1, -0.05) is 29.8 Å². The van der Waals surface area contributed by atoms with Crippen molar-refractivity contribution in [1.29, 1.82) is 0 Å². The zero-order valence-electron chi connectivity index (χ0n) is 7.32. The normalized spacial score (nSPS) is 10.2. The molecule has 66 valence electrons. The van der Waals surface area contributed by atoms with Crippen LogP contribution in [-0.4, -0.2) is 4.98 Å². The Labute approximate surface area is 81.1 Å². The molecule has 0 saturated carbocycles. The van der Waals surface area contributed by atoms with Gasteiger partial charge in [0.05, 0.1) is 5.51 Å². The third-order valence-corrected chi connectivity index (χ3v) is 2.58. The van der Waals surface area contributed by atoms with Crippen LogP contribution in [0.4, 0.5) is 5.00 Å². The van der Waals surface area contributed by atoms with E-state index in [1.165, 1.54) is 16.9 Å². The largest absolute Gasteiger partial charge is 0.389 e. The van der Waals surface area contributed by atoms with E-state index in [0.29, 0.717) is 0 Å². The number of anilines is 1. The number of nitrogen functional groups attached to an aromatic ring is 1. The summed E-state index contributed by atoms with van der Waals surface area (Å²) in [6.45, 7) is 2.06. The second-order valence-corrected chi connectivity index (χ2v) is 3.82. The third-order valence-electron chi connectivity index (χ3n) is 1.92. The molecule has 0 atom stereocenters. The van der Waals surface area contributed by atoms with Crippen LogP contribution in [0.15, 0.2) is 29.8 Å². The number of nitrogens with zero attached hydrogens (tertiary/aromatic N) is 1. The standard InChI is InChI=1S/C10H10N2S/c1-7-2-4-8(5-3-7)9-10(11)13-6-12-9/h2-6H,11H2,1H3. The summed E-state index contributed by atoms with van der Waals surface area (Å²) in [6, 6.07) is 8.21. The predicted octanol–water partition coefficient (Wildman–Crippen LogP) is 2.70. The van der Waals surface area contributed by atoms with Crippen LogP contribution in [0.3, 0.4) is 0 Å². The molecule has 0 fully saturated rings. The van der Waals surface area contributed by atoms with Gasteiger partial charge in [-0.05, 0) is 6.92 Å². The van der Waals surface area contributed by atoms with Crippen LogP contribution in [0.25, 0.3) is 11.3 Å². The van der Waals surface area contributed by atoms with Crippen LogP contribution >= 0.6 is 11.3 Å². The molecule has 3 heteroatoms. The van der Waals surface area contributed by atoms with Crippen LogP contribution in [0, 0.1) is 6.92 Å². The maximum absolute atomic E-state index is 5.77. The summed E-state index contributed by atoms with van der Waals surface area (Å²) in [6.07, 6.45) is 0. The van der Waals surface area contributed by atoms with Gasteiger partial charge in [0, 0.05) is 5.56 Å². The van der Waals surface area contributed by atoms with Crippen LogP contribution in [0.5, 0.6) is 0 Å². The highest BCUT2D eigenvalue weighted by Gasteiger charge is 2.03. The number of hydrogen-bond acceptors (Lipinski definition) is 3. The van der Waals surface area contributed by atoms with E-state index < -0.39 is 0 Å². The van der Waals surface area contributed by atoms with Gasteiger partial charge in [0.15, 0.2) is 0 Å². The predicted molar refractivity (Wildman–Crippen MR) is 56.7 cm³/mol. The zero-order valence-corrected chi connectivity index (χ0v) is 8.14. The van der Waals surface area contributed by atoms with Crippen molar-refractivity contribution in [1.82, 2.24) is 4.98 Å². The van der Waals surface area contributed by atoms with Gasteiger partial charge < -0.3 is 5.73 Å². The lowest BCUT2D eigenvalue weighted by Gasteiger charge is -1.98. The number of benzene rings is 1. The summed E-state index contributed by atoms with van der Waals surface area (Å²) < 4.78 is 0. The third kappa shape index (κ3) is 1.55. The lowest BCUT2D eigenvalue weighted by Crippen LogP contribution is -1.85. The molecule has 0 radical (unpaired) electrons. The van der Waals surface area contributed by atoms with Crippen LogP contribution in [0.1, 0.15) is 5.56 Å². The molecule has 0 amide bonds. The van der Waals surface area contributed by atoms with Gasteiger partial charge >= 0.3 is 0 Å². The molecule has 13 heavy (non-hydrogen) atoms. The lowest BCUT2D eigenvalue weighted by atomic mass is 10.1. The minimum atomic E-state index is 0.781. The van der Waals surface area contributed by atoms with Crippen molar-refractivity contribution in [2.24, 2.45) is 0 Å². The van der Waals surface area contributed by atoms with Crippen molar-refractivity contribution in [2.75, 3.05) is 5.73 Å². The average molecular weight is 190 g/mol. The molecule has 0 aliphatic rings. The van der Waals surface area contributed by atoms with E-state index in [0.717, 1.165) is 16.3 Å². The lowest BCUT2D eigenvalue weighted by molar-refractivity contribution is 1.39. The first-order valence-electron chi connectivity index (χ1n) is 4.03. The Hall–Kier alpha value is -1.35. The van der Waals surface area contributed by atoms with Crippen molar-refractivity contribution in [2.45, 2.75) is 6.92 Å². The van der Waals surface area contributed by atoms with Crippen LogP contribution in [0.2, 0.25) is 0 Å². The minimum Gasteiger partial charge on any atom is -0.389 e. The Balaban J connectivity index is 2.47. The quantitative estimate of drug-likeness (QED) is 0.751. The number of thiazole rings is 1. The SMILES string of the molecule is Cc1ccc(-c2ncsc2N)cc1. The molecule has 1 aromatic carbocycles. The molecule has 2 aromatic rings. The van der Waals surface area contributed by atoms with Gasteiger partial charge in [0.2, 0.25) is 0 Å². The van der Waals surface area contributed by atoms with Gasteiger partial charge in [-0.3, -0.25) is 0 Å². The first kappa shape index (κ1) is 8.26. The van der Waals surface area contributed by atoms with Gasteiger partial charge in [0.1, 0.15) is 10.7 Å². The number of nitrogens with two attached hydrogens (primary N) is 1. The molecule has 0 unspecified atom stereocenters. The van der Waals surface area contributed by atoms with Crippen molar-refractivity contribution in [3.8, 4) is 11.3 Å². The number of aromatic nitrogens is 1. The summed E-state index contributed by atoms with van der Waals surface area (Å²) in [5.41, 5.74) is 10.8. The van der Waals surface area contributed by atoms with E-state index in [1.54, 1.807) is 5.51 Å². The van der Waals surface area contributed by atoms with E-state index in [1.807, 2.05) is 12.1 Å². The fraction of sp³-hybridized carbons (Fsp3) is 0.100. The van der Waals surface area contributed by atoms with Gasteiger partial charge in [0.25, 0.3) is 0 Å². The highest BCUT2D eigenvalue weighted by atomic mass is 32.1. The van der Waals surface area contributed by atoms with Crippen molar-refractivity contribution in [3.05, 3.63) is 35.3 Å². The van der Waals surface area contributed by atoms with E-state index in [9.17, 15) is 0 Å². The molecule has 2 rings (SSSR count). The monoisotopic (exact) mass is 190 g/mol. The molecule has 0 saturated heterocycles. The second-order valence-electron chi connectivity index (χ2n) is 2.93. The number of aryl methyl sites for hydroxylation is 1. The zero-order chi connectivity index (χ0) is 9.26. The maximum Gasteiger partial charge on any atom is 0.114 e. The number of rotatable bonds is 1. The molecule has 0 aliphatic heterocycles. The highest BCUT2D eigenvalue weighted by Crippen LogP contribution is 2.27.